The maximum absolute atomic E-state index is 13.7. The van der Waals surface area contributed by atoms with Crippen molar-refractivity contribution in [2.24, 2.45) is 0 Å². The molecule has 196 valence electrons. The summed E-state index contributed by atoms with van der Waals surface area (Å²) in [4.78, 5) is 29.0. The highest BCUT2D eigenvalue weighted by Crippen LogP contribution is 2.21. The topological polar surface area (TPSA) is 58.6 Å². The van der Waals surface area contributed by atoms with Crippen molar-refractivity contribution >= 4 is 35.2 Å². The average Bonchev–Trinajstić information content (AvgIpc) is 2.92. The van der Waals surface area contributed by atoms with Crippen molar-refractivity contribution < 1.29 is 14.3 Å². The predicted octanol–water partition coefficient (Wildman–Crippen LogP) is 6.14. The van der Waals surface area contributed by atoms with Gasteiger partial charge in [-0.25, -0.2) is 0 Å². The van der Waals surface area contributed by atoms with Crippen LogP contribution in [0.1, 0.15) is 37.0 Å². The molecule has 3 aromatic rings. The molecule has 0 aliphatic carbocycles. The number of nitrogens with zero attached hydrogens (tertiary/aromatic N) is 1. The quantitative estimate of drug-likeness (QED) is 0.284. The van der Waals surface area contributed by atoms with Gasteiger partial charge in [0.2, 0.25) is 11.8 Å². The van der Waals surface area contributed by atoms with Crippen LogP contribution in [-0.4, -0.2) is 41.7 Å². The van der Waals surface area contributed by atoms with Crippen LogP contribution in [0.15, 0.2) is 78.9 Å². The lowest BCUT2D eigenvalue weighted by Gasteiger charge is -2.32. The van der Waals surface area contributed by atoms with Gasteiger partial charge in [-0.3, -0.25) is 9.59 Å². The Bertz CT molecular complexity index is 1140. The number of nitrogens with one attached hydrogen (secondary N) is 1. The normalized spacial score (nSPS) is 12.4. The van der Waals surface area contributed by atoms with Gasteiger partial charge in [0.15, 0.2) is 0 Å². The van der Waals surface area contributed by atoms with Crippen molar-refractivity contribution in [2.45, 2.75) is 51.1 Å². The molecule has 3 rings (SSSR count). The molecule has 0 unspecified atom stereocenters. The van der Waals surface area contributed by atoms with E-state index in [1.165, 1.54) is 11.8 Å². The Morgan fingerprint density at radius 2 is 1.68 bits per heavy atom. The van der Waals surface area contributed by atoms with Crippen molar-refractivity contribution in [3.63, 3.8) is 0 Å². The number of methoxy groups -OCH3 is 1. The molecule has 0 heterocycles. The second kappa shape index (κ2) is 14.7. The maximum atomic E-state index is 13.7. The summed E-state index contributed by atoms with van der Waals surface area (Å²) in [5.41, 5.74) is 3.01. The first-order chi connectivity index (χ1) is 17.9. The molecular weight excluding hydrogens is 504 g/mol. The second-order valence-corrected chi connectivity index (χ2v) is 10.4. The van der Waals surface area contributed by atoms with Crippen LogP contribution >= 0.6 is 23.4 Å². The van der Waals surface area contributed by atoms with E-state index < -0.39 is 6.04 Å². The molecule has 7 heteroatoms. The third-order valence-corrected chi connectivity index (χ3v) is 7.41. The molecule has 3 aromatic carbocycles. The molecule has 37 heavy (non-hydrogen) atoms. The van der Waals surface area contributed by atoms with Crippen molar-refractivity contribution in [1.82, 2.24) is 10.2 Å². The van der Waals surface area contributed by atoms with E-state index in [4.69, 9.17) is 16.3 Å². The van der Waals surface area contributed by atoms with Gasteiger partial charge in [0.05, 0.1) is 12.9 Å². The van der Waals surface area contributed by atoms with E-state index in [1.807, 2.05) is 92.7 Å². The lowest BCUT2D eigenvalue weighted by atomic mass is 10.0. The number of hydrogen-bond acceptors (Lipinski definition) is 4. The van der Waals surface area contributed by atoms with Gasteiger partial charge in [-0.1, -0.05) is 73.1 Å². The van der Waals surface area contributed by atoms with Gasteiger partial charge in [0, 0.05) is 29.8 Å². The van der Waals surface area contributed by atoms with Crippen LogP contribution < -0.4 is 10.1 Å². The van der Waals surface area contributed by atoms with E-state index in [0.29, 0.717) is 29.5 Å². The van der Waals surface area contributed by atoms with Gasteiger partial charge in [-0.05, 0) is 54.3 Å². The summed E-state index contributed by atoms with van der Waals surface area (Å²) in [7, 11) is 1.62. The summed E-state index contributed by atoms with van der Waals surface area (Å²) in [6, 6.07) is 24.5. The molecule has 0 saturated heterocycles. The first kappa shape index (κ1) is 28.6. The lowest BCUT2D eigenvalue weighted by molar-refractivity contribution is -0.139. The average molecular weight is 539 g/mol. The zero-order chi connectivity index (χ0) is 26.6. The summed E-state index contributed by atoms with van der Waals surface area (Å²) < 4.78 is 5.39. The number of thioether (sulfide) groups is 1. The summed E-state index contributed by atoms with van der Waals surface area (Å²) in [6.07, 6.45) is 1.24. The van der Waals surface area contributed by atoms with Crippen LogP contribution in [0.3, 0.4) is 0 Å². The largest absolute Gasteiger partial charge is 0.497 e. The first-order valence-corrected chi connectivity index (χ1v) is 14.0. The molecule has 0 bridgehead atoms. The SMILES string of the molecule is CC[C@@H](C)NC(=O)[C@H](Cc1ccccc1)N(Cc1cccc(OC)c1)C(=O)CSCc1ccc(Cl)cc1. The van der Waals surface area contributed by atoms with Crippen LogP contribution in [0, 0.1) is 0 Å². The predicted molar refractivity (Wildman–Crippen MR) is 153 cm³/mol. The van der Waals surface area contributed by atoms with Crippen molar-refractivity contribution in [1.29, 1.82) is 0 Å². The molecule has 0 aliphatic heterocycles. The van der Waals surface area contributed by atoms with Gasteiger partial charge in [0.1, 0.15) is 11.8 Å². The highest BCUT2D eigenvalue weighted by atomic mass is 35.5. The fourth-order valence-electron chi connectivity index (χ4n) is 3.88. The number of rotatable bonds is 13. The molecule has 2 amide bonds. The Hall–Kier alpha value is -2.96. The molecule has 5 nitrogen and oxygen atoms in total. The number of halogens is 1. The summed E-state index contributed by atoms with van der Waals surface area (Å²) >= 11 is 7.53. The zero-order valence-corrected chi connectivity index (χ0v) is 23.2. The molecule has 0 aliphatic rings. The van der Waals surface area contributed by atoms with Gasteiger partial charge in [0.25, 0.3) is 0 Å². The Labute approximate surface area is 229 Å². The molecule has 0 fully saturated rings. The molecule has 0 spiro atoms. The number of carbonyl (C=O) groups excluding carboxylic acids is 2. The van der Waals surface area contributed by atoms with E-state index in [2.05, 4.69) is 5.32 Å². The fraction of sp³-hybridized carbons (Fsp3) is 0.333. The molecule has 2 atom stereocenters. The minimum absolute atomic E-state index is 0.0128. The van der Waals surface area contributed by atoms with Crippen molar-refractivity contribution in [3.05, 3.63) is 101 Å². The standard InChI is InChI=1S/C30H35ClN2O3S/c1-4-22(2)32-30(35)28(18-23-9-6-5-7-10-23)33(19-25-11-8-12-27(17-25)36-3)29(34)21-37-20-24-13-15-26(31)16-14-24/h5-17,22,28H,4,18-21H2,1-3H3,(H,32,35)/t22-,28+/m1/s1. The number of hydrogen-bond donors (Lipinski definition) is 1. The van der Waals surface area contributed by atoms with Crippen LogP contribution in [0.4, 0.5) is 0 Å². The number of carbonyl (C=O) groups is 2. The van der Waals surface area contributed by atoms with Crippen molar-refractivity contribution in [3.8, 4) is 5.75 Å². The van der Waals surface area contributed by atoms with Gasteiger partial charge >= 0.3 is 0 Å². The summed E-state index contributed by atoms with van der Waals surface area (Å²) in [5, 5.41) is 3.79. The van der Waals surface area contributed by atoms with E-state index in [9.17, 15) is 9.59 Å². The second-order valence-electron chi connectivity index (χ2n) is 9.02. The van der Waals surface area contributed by atoms with Crippen LogP contribution in [-0.2, 0) is 28.3 Å². The van der Waals surface area contributed by atoms with Crippen molar-refractivity contribution in [2.75, 3.05) is 12.9 Å². The maximum Gasteiger partial charge on any atom is 0.243 e. The molecule has 0 saturated carbocycles. The van der Waals surface area contributed by atoms with E-state index in [-0.39, 0.29) is 23.6 Å². The van der Waals surface area contributed by atoms with Crippen LogP contribution in [0.25, 0.3) is 0 Å². The number of ether oxygens (including phenoxy) is 1. The van der Waals surface area contributed by atoms with Crippen LogP contribution in [0.5, 0.6) is 5.75 Å². The summed E-state index contributed by atoms with van der Waals surface area (Å²) in [5.74, 6) is 1.43. The Kier molecular flexibility index (Phi) is 11.4. The Balaban J connectivity index is 1.86. The zero-order valence-electron chi connectivity index (χ0n) is 21.7. The number of benzene rings is 3. The molecule has 1 N–H and O–H groups in total. The minimum Gasteiger partial charge on any atom is -0.497 e. The molecular formula is C30H35ClN2O3S. The summed E-state index contributed by atoms with van der Waals surface area (Å²) in [6.45, 7) is 4.32. The van der Waals surface area contributed by atoms with Crippen LogP contribution in [0.2, 0.25) is 5.02 Å². The Morgan fingerprint density at radius 1 is 0.973 bits per heavy atom. The third-order valence-electron chi connectivity index (χ3n) is 6.17. The molecule has 0 radical (unpaired) electrons. The van der Waals surface area contributed by atoms with Gasteiger partial charge in [-0.15, -0.1) is 11.8 Å². The van der Waals surface area contributed by atoms with E-state index in [1.54, 1.807) is 12.0 Å². The van der Waals surface area contributed by atoms with E-state index in [0.717, 1.165) is 23.1 Å². The fourth-order valence-corrected chi connectivity index (χ4v) is 4.88. The first-order valence-electron chi connectivity index (χ1n) is 12.5. The molecule has 0 aromatic heterocycles. The smallest absolute Gasteiger partial charge is 0.243 e. The minimum atomic E-state index is -0.647. The highest BCUT2D eigenvalue weighted by Gasteiger charge is 2.31. The van der Waals surface area contributed by atoms with Gasteiger partial charge < -0.3 is 15.0 Å². The third kappa shape index (κ3) is 9.13. The highest BCUT2D eigenvalue weighted by molar-refractivity contribution is 7.99. The Morgan fingerprint density at radius 3 is 2.35 bits per heavy atom. The monoisotopic (exact) mass is 538 g/mol. The van der Waals surface area contributed by atoms with Gasteiger partial charge in [-0.2, -0.15) is 0 Å². The number of amides is 2. The van der Waals surface area contributed by atoms with E-state index >= 15 is 0 Å². The lowest BCUT2D eigenvalue weighted by Crippen LogP contribution is -2.52.